The minimum Gasteiger partial charge on any atom is -0.321 e. The maximum absolute atomic E-state index is 12.1. The Bertz CT molecular complexity index is 768. The summed E-state index contributed by atoms with van der Waals surface area (Å²) >= 11 is 3.13. The van der Waals surface area contributed by atoms with Gasteiger partial charge in [0.15, 0.2) is 0 Å². The molecule has 104 valence electrons. The molecule has 0 fully saturated rings. The lowest BCUT2D eigenvalue weighted by atomic mass is 10.1. The molecule has 0 bridgehead atoms. The molecule has 2 aromatic rings. The summed E-state index contributed by atoms with van der Waals surface area (Å²) in [6.45, 7) is 0. The van der Waals surface area contributed by atoms with E-state index < -0.39 is 10.8 Å². The number of amides is 1. The molecule has 0 aliphatic rings. The van der Waals surface area contributed by atoms with Crippen molar-refractivity contribution in [3.8, 4) is 6.07 Å². The van der Waals surface area contributed by atoms with E-state index in [-0.39, 0.29) is 11.3 Å². The monoisotopic (exact) mass is 345 g/mol. The van der Waals surface area contributed by atoms with E-state index in [1.54, 1.807) is 24.3 Å². The summed E-state index contributed by atoms with van der Waals surface area (Å²) in [7, 11) is 0. The molecule has 1 N–H and O–H groups in total. The van der Waals surface area contributed by atoms with Crippen LogP contribution in [0.15, 0.2) is 46.9 Å². The summed E-state index contributed by atoms with van der Waals surface area (Å²) in [6.07, 6.45) is 0. The third-order valence-corrected chi connectivity index (χ3v) is 3.11. The molecule has 7 heteroatoms. The fraction of sp³-hybridized carbons (Fsp3) is 0. The molecular formula is C14H8BrN3O3. The fourth-order valence-corrected chi connectivity index (χ4v) is 2.18. The molecular weight excluding hydrogens is 338 g/mol. The molecule has 0 radical (unpaired) electrons. The summed E-state index contributed by atoms with van der Waals surface area (Å²) in [5.41, 5.74) is 0.606. The number of nitrogens with one attached hydrogen (secondary N) is 1. The maximum Gasteiger partial charge on any atom is 0.271 e. The predicted octanol–water partition coefficient (Wildman–Crippen LogP) is 3.48. The number of nitrogens with zero attached hydrogens (tertiary/aromatic N) is 2. The number of hydrogen-bond acceptors (Lipinski definition) is 4. The van der Waals surface area contributed by atoms with Crippen LogP contribution in [-0.2, 0) is 0 Å². The van der Waals surface area contributed by atoms with E-state index in [1.807, 2.05) is 6.07 Å². The number of non-ortho nitro benzene ring substituents is 1. The van der Waals surface area contributed by atoms with Gasteiger partial charge in [-0.15, -0.1) is 0 Å². The first-order valence-corrected chi connectivity index (χ1v) is 6.56. The first kappa shape index (κ1) is 14.7. The molecule has 0 heterocycles. The van der Waals surface area contributed by atoms with E-state index in [9.17, 15) is 14.9 Å². The van der Waals surface area contributed by atoms with Crippen molar-refractivity contribution in [2.45, 2.75) is 0 Å². The topological polar surface area (TPSA) is 96.0 Å². The molecule has 2 aromatic carbocycles. The third-order valence-electron chi connectivity index (χ3n) is 2.65. The molecule has 2 rings (SSSR count). The Morgan fingerprint density at radius 1 is 1.29 bits per heavy atom. The summed E-state index contributed by atoms with van der Waals surface area (Å²) in [5, 5.41) is 22.3. The average Bonchev–Trinajstić information content (AvgIpc) is 2.47. The smallest absolute Gasteiger partial charge is 0.271 e. The lowest BCUT2D eigenvalue weighted by Gasteiger charge is -2.07. The molecule has 6 nitrogen and oxygen atoms in total. The van der Waals surface area contributed by atoms with Gasteiger partial charge in [-0.3, -0.25) is 14.9 Å². The Morgan fingerprint density at radius 3 is 2.67 bits per heavy atom. The largest absolute Gasteiger partial charge is 0.321 e. The van der Waals surface area contributed by atoms with Gasteiger partial charge in [0.25, 0.3) is 11.6 Å². The zero-order valence-electron chi connectivity index (χ0n) is 10.5. The molecule has 0 saturated carbocycles. The number of carbonyl (C=O) groups is 1. The van der Waals surface area contributed by atoms with Gasteiger partial charge in [0.05, 0.1) is 16.2 Å². The Balaban J connectivity index is 2.33. The van der Waals surface area contributed by atoms with Gasteiger partial charge in [-0.05, 0) is 18.2 Å². The minimum absolute atomic E-state index is 0.129. The average molecular weight is 346 g/mol. The van der Waals surface area contributed by atoms with Crippen molar-refractivity contribution in [2.75, 3.05) is 5.32 Å². The van der Waals surface area contributed by atoms with Gasteiger partial charge in [-0.1, -0.05) is 28.1 Å². The van der Waals surface area contributed by atoms with E-state index >= 15 is 0 Å². The Labute approximate surface area is 128 Å². The molecule has 21 heavy (non-hydrogen) atoms. The van der Waals surface area contributed by atoms with Crippen LogP contribution in [0.1, 0.15) is 15.9 Å². The van der Waals surface area contributed by atoms with Crippen molar-refractivity contribution in [3.63, 3.8) is 0 Å². The van der Waals surface area contributed by atoms with Crippen LogP contribution >= 0.6 is 15.9 Å². The predicted molar refractivity (Wildman–Crippen MR) is 79.9 cm³/mol. The van der Waals surface area contributed by atoms with Crippen molar-refractivity contribution >= 4 is 33.2 Å². The van der Waals surface area contributed by atoms with Gasteiger partial charge in [0, 0.05) is 22.2 Å². The quantitative estimate of drug-likeness (QED) is 0.680. The number of halogens is 1. The number of anilines is 1. The first-order chi connectivity index (χ1) is 10.0. The number of carbonyl (C=O) groups excluding carboxylic acids is 1. The fourth-order valence-electron chi connectivity index (χ4n) is 1.69. The normalized spacial score (nSPS) is 9.71. The number of nitro groups is 1. The number of rotatable bonds is 3. The molecule has 0 atom stereocenters. The van der Waals surface area contributed by atoms with E-state index in [4.69, 9.17) is 5.26 Å². The van der Waals surface area contributed by atoms with Crippen LogP contribution in [0.2, 0.25) is 0 Å². The number of hydrogen-bond donors (Lipinski definition) is 1. The number of para-hydroxylation sites is 1. The van der Waals surface area contributed by atoms with E-state index in [2.05, 4.69) is 21.2 Å². The summed E-state index contributed by atoms with van der Waals surface area (Å²) in [4.78, 5) is 22.4. The second-order valence-electron chi connectivity index (χ2n) is 4.07. The summed E-state index contributed by atoms with van der Waals surface area (Å²) < 4.78 is 0.426. The van der Waals surface area contributed by atoms with Gasteiger partial charge in [-0.2, -0.15) is 5.26 Å². The number of nitriles is 1. The van der Waals surface area contributed by atoms with Crippen LogP contribution in [0.25, 0.3) is 0 Å². The molecule has 0 aliphatic heterocycles. The molecule has 0 saturated heterocycles. The highest BCUT2D eigenvalue weighted by atomic mass is 79.9. The number of benzene rings is 2. The van der Waals surface area contributed by atoms with Crippen LogP contribution in [0.3, 0.4) is 0 Å². The molecule has 0 unspecified atom stereocenters. The van der Waals surface area contributed by atoms with Crippen LogP contribution in [-0.4, -0.2) is 10.8 Å². The third kappa shape index (κ3) is 3.43. The summed E-state index contributed by atoms with van der Waals surface area (Å²) in [6, 6.07) is 12.4. The Morgan fingerprint density at radius 2 is 2.00 bits per heavy atom. The van der Waals surface area contributed by atoms with Crippen molar-refractivity contribution in [1.29, 1.82) is 5.26 Å². The summed E-state index contributed by atoms with van der Waals surface area (Å²) in [5.74, 6) is -0.526. The van der Waals surface area contributed by atoms with E-state index in [0.29, 0.717) is 15.7 Å². The van der Waals surface area contributed by atoms with Gasteiger partial charge in [0.2, 0.25) is 0 Å². The van der Waals surface area contributed by atoms with Crippen molar-refractivity contribution < 1.29 is 9.72 Å². The van der Waals surface area contributed by atoms with Crippen molar-refractivity contribution in [3.05, 3.63) is 68.2 Å². The first-order valence-electron chi connectivity index (χ1n) is 5.76. The SMILES string of the molecule is N#Cc1ccccc1NC(=O)c1cc(Br)cc([N+](=O)[O-])c1. The maximum atomic E-state index is 12.1. The van der Waals surface area contributed by atoms with Gasteiger partial charge in [0.1, 0.15) is 6.07 Å². The van der Waals surface area contributed by atoms with Crippen molar-refractivity contribution in [2.24, 2.45) is 0 Å². The second kappa shape index (κ2) is 6.15. The zero-order valence-corrected chi connectivity index (χ0v) is 12.1. The highest BCUT2D eigenvalue weighted by Gasteiger charge is 2.15. The molecule has 0 aliphatic carbocycles. The lowest BCUT2D eigenvalue weighted by Crippen LogP contribution is -2.13. The van der Waals surface area contributed by atoms with E-state index in [0.717, 1.165) is 0 Å². The van der Waals surface area contributed by atoms with Crippen molar-refractivity contribution in [1.82, 2.24) is 0 Å². The van der Waals surface area contributed by atoms with Crippen LogP contribution in [0.4, 0.5) is 11.4 Å². The van der Waals surface area contributed by atoms with Gasteiger partial charge < -0.3 is 5.32 Å². The number of nitro benzene ring substituents is 1. The van der Waals surface area contributed by atoms with Crippen LogP contribution in [0, 0.1) is 21.4 Å². The van der Waals surface area contributed by atoms with Gasteiger partial charge in [-0.25, -0.2) is 0 Å². The van der Waals surface area contributed by atoms with Gasteiger partial charge >= 0.3 is 0 Å². The Hall–Kier alpha value is -2.72. The minimum atomic E-state index is -0.579. The molecule has 1 amide bonds. The molecule has 0 spiro atoms. The standard InChI is InChI=1S/C14H8BrN3O3/c15-11-5-10(6-12(7-11)18(20)21)14(19)17-13-4-2-1-3-9(13)8-16/h1-7H,(H,17,19). The van der Waals surface area contributed by atoms with Crippen LogP contribution in [0.5, 0.6) is 0 Å². The second-order valence-corrected chi connectivity index (χ2v) is 4.98. The highest BCUT2D eigenvalue weighted by Crippen LogP contribution is 2.22. The Kier molecular flexibility index (Phi) is 4.30. The highest BCUT2D eigenvalue weighted by molar-refractivity contribution is 9.10. The lowest BCUT2D eigenvalue weighted by molar-refractivity contribution is -0.384. The van der Waals surface area contributed by atoms with Crippen LogP contribution < -0.4 is 5.32 Å². The van der Waals surface area contributed by atoms with E-state index in [1.165, 1.54) is 18.2 Å². The molecule has 0 aromatic heterocycles. The zero-order chi connectivity index (χ0) is 15.4.